The summed E-state index contributed by atoms with van der Waals surface area (Å²) in [4.78, 5) is 28.7. The third-order valence-corrected chi connectivity index (χ3v) is 4.91. The molecule has 0 unspecified atom stereocenters. The molecule has 4 rings (SSSR count). The van der Waals surface area contributed by atoms with Crippen LogP contribution in [0.2, 0.25) is 0 Å². The molecule has 2 atom stereocenters. The average molecular weight is 382 g/mol. The molecule has 2 aliphatic heterocycles. The lowest BCUT2D eigenvalue weighted by atomic mass is 9.87. The fourth-order valence-corrected chi connectivity index (χ4v) is 3.72. The van der Waals surface area contributed by atoms with Gasteiger partial charge >= 0.3 is 5.97 Å². The van der Waals surface area contributed by atoms with Gasteiger partial charge in [0.15, 0.2) is 0 Å². The number of fused-ring (bicyclic) bond motifs is 2. The lowest BCUT2D eigenvalue weighted by Crippen LogP contribution is -2.23. The third-order valence-electron chi connectivity index (χ3n) is 4.91. The van der Waals surface area contributed by atoms with Crippen LogP contribution in [-0.2, 0) is 14.3 Å². The molecule has 1 aromatic carbocycles. The molecule has 7 heteroatoms. The maximum atomic E-state index is 14.2. The predicted octanol–water partition coefficient (Wildman–Crippen LogP) is 3.35. The van der Waals surface area contributed by atoms with Crippen LogP contribution in [0.4, 0.5) is 10.1 Å². The molecule has 0 spiro atoms. The van der Waals surface area contributed by atoms with Crippen molar-refractivity contribution < 1.29 is 23.5 Å². The Morgan fingerprint density at radius 2 is 1.96 bits per heavy atom. The number of carbonyl (C=O) groups excluding carboxylic acids is 2. The van der Waals surface area contributed by atoms with E-state index in [1.165, 1.54) is 12.1 Å². The molecule has 1 amide bonds. The molecule has 1 N–H and O–H groups in total. The summed E-state index contributed by atoms with van der Waals surface area (Å²) in [5, 5.41) is 2.72. The minimum absolute atomic E-state index is 0.115. The maximum Gasteiger partial charge on any atom is 0.341 e. The molecule has 6 nitrogen and oxygen atoms in total. The molecule has 28 heavy (non-hydrogen) atoms. The largest absolute Gasteiger partial charge is 0.462 e. The van der Waals surface area contributed by atoms with E-state index in [-0.39, 0.29) is 36.0 Å². The van der Waals surface area contributed by atoms with E-state index in [1.807, 2.05) is 12.1 Å². The summed E-state index contributed by atoms with van der Waals surface area (Å²) < 4.78 is 25.0. The number of ether oxygens (including phenoxy) is 2. The Hall–Kier alpha value is -3.06. The van der Waals surface area contributed by atoms with Crippen molar-refractivity contribution in [2.45, 2.75) is 32.0 Å². The zero-order valence-electron chi connectivity index (χ0n) is 15.3. The zero-order valence-corrected chi connectivity index (χ0v) is 15.3. The van der Waals surface area contributed by atoms with Crippen LogP contribution in [0.25, 0.3) is 5.57 Å². The monoisotopic (exact) mass is 382 g/mol. The topological polar surface area (TPSA) is 77.5 Å². The molecule has 2 aliphatic rings. The number of nitrogens with one attached hydrogen (secondary N) is 1. The van der Waals surface area contributed by atoms with E-state index in [4.69, 9.17) is 9.47 Å². The van der Waals surface area contributed by atoms with E-state index in [0.29, 0.717) is 5.57 Å². The number of nitrogens with zero attached hydrogens (tertiary/aromatic N) is 1. The smallest absolute Gasteiger partial charge is 0.341 e. The lowest BCUT2D eigenvalue weighted by molar-refractivity contribution is -0.113. The highest BCUT2D eigenvalue weighted by atomic mass is 19.1. The summed E-state index contributed by atoms with van der Waals surface area (Å²) in [5.74, 6) is -1.81. The Bertz CT molecular complexity index is 958. The second kappa shape index (κ2) is 7.52. The molecule has 1 aromatic heterocycles. The molecule has 1 fully saturated rings. The predicted molar refractivity (Wildman–Crippen MR) is 100 cm³/mol. The van der Waals surface area contributed by atoms with Crippen molar-refractivity contribution in [2.75, 3.05) is 11.9 Å². The number of esters is 1. The van der Waals surface area contributed by atoms with Gasteiger partial charge in [0.25, 0.3) is 5.91 Å². The molecule has 0 saturated carbocycles. The number of hydrogen-bond acceptors (Lipinski definition) is 5. The van der Waals surface area contributed by atoms with Crippen LogP contribution in [0, 0.1) is 5.82 Å². The highest BCUT2D eigenvalue weighted by Gasteiger charge is 2.43. The maximum absolute atomic E-state index is 14.2. The average Bonchev–Trinajstić information content (AvgIpc) is 3.30. The van der Waals surface area contributed by atoms with E-state index in [2.05, 4.69) is 10.3 Å². The molecule has 0 radical (unpaired) electrons. The van der Waals surface area contributed by atoms with Crippen molar-refractivity contribution in [2.24, 2.45) is 0 Å². The standard InChI is InChI=1S/C21H19FN2O4/c1-2-27-21(26)14-4-3-13(11-15(14)22)24-20(25)19-17-6-5-16(28-17)18(19)12-7-9-23-10-8-12/h3-4,7-11,16-17H,2,5-6H2,1H3,(H,24,25)/t16-,17+/m0/s1. The fraction of sp³-hybridized carbons (Fsp3) is 0.286. The van der Waals surface area contributed by atoms with Gasteiger partial charge in [0, 0.05) is 18.1 Å². The summed E-state index contributed by atoms with van der Waals surface area (Å²) in [7, 11) is 0. The van der Waals surface area contributed by atoms with Crippen LogP contribution in [0.5, 0.6) is 0 Å². The van der Waals surface area contributed by atoms with Crippen molar-refractivity contribution in [3.8, 4) is 0 Å². The summed E-state index contributed by atoms with van der Waals surface area (Å²) in [6.07, 6.45) is 4.61. The molecule has 1 saturated heterocycles. The van der Waals surface area contributed by atoms with Crippen molar-refractivity contribution in [3.63, 3.8) is 0 Å². The van der Waals surface area contributed by atoms with Crippen molar-refractivity contribution in [1.29, 1.82) is 0 Å². The summed E-state index contributed by atoms with van der Waals surface area (Å²) in [6.45, 7) is 1.81. The number of benzene rings is 1. The summed E-state index contributed by atoms with van der Waals surface area (Å²) in [6, 6.07) is 7.60. The van der Waals surface area contributed by atoms with E-state index in [9.17, 15) is 14.0 Å². The van der Waals surface area contributed by atoms with Gasteiger partial charge in [-0.2, -0.15) is 0 Å². The van der Waals surface area contributed by atoms with Crippen LogP contribution >= 0.6 is 0 Å². The van der Waals surface area contributed by atoms with Crippen molar-refractivity contribution >= 4 is 23.1 Å². The van der Waals surface area contributed by atoms with Gasteiger partial charge < -0.3 is 14.8 Å². The quantitative estimate of drug-likeness (QED) is 0.803. The number of pyridine rings is 1. The third kappa shape index (κ3) is 3.29. The Labute approximate surface area is 161 Å². The number of halogens is 1. The Kier molecular flexibility index (Phi) is 4.92. The number of anilines is 1. The van der Waals surface area contributed by atoms with Gasteiger partial charge in [-0.1, -0.05) is 0 Å². The molecular weight excluding hydrogens is 363 g/mol. The Morgan fingerprint density at radius 3 is 2.68 bits per heavy atom. The van der Waals surface area contributed by atoms with Crippen LogP contribution in [0.3, 0.4) is 0 Å². The van der Waals surface area contributed by atoms with Gasteiger partial charge in [0.1, 0.15) is 5.82 Å². The second-order valence-corrected chi connectivity index (χ2v) is 6.62. The first kappa shape index (κ1) is 18.3. The van der Waals surface area contributed by atoms with Gasteiger partial charge in [0.05, 0.1) is 30.0 Å². The second-order valence-electron chi connectivity index (χ2n) is 6.62. The van der Waals surface area contributed by atoms with E-state index < -0.39 is 11.8 Å². The zero-order chi connectivity index (χ0) is 19.7. The summed E-state index contributed by atoms with van der Waals surface area (Å²) in [5.41, 5.74) is 2.42. The van der Waals surface area contributed by atoms with Gasteiger partial charge in [-0.3, -0.25) is 9.78 Å². The van der Waals surface area contributed by atoms with E-state index in [1.54, 1.807) is 19.3 Å². The Morgan fingerprint density at radius 1 is 1.21 bits per heavy atom. The first-order valence-corrected chi connectivity index (χ1v) is 9.16. The SMILES string of the molecule is CCOC(=O)c1ccc(NC(=O)C2=C(c3ccncc3)[C@@H]3CC[C@H]2O3)cc1F. The van der Waals surface area contributed by atoms with E-state index >= 15 is 0 Å². The highest BCUT2D eigenvalue weighted by Crippen LogP contribution is 2.44. The van der Waals surface area contributed by atoms with Gasteiger partial charge in [-0.25, -0.2) is 9.18 Å². The molecule has 2 bridgehead atoms. The van der Waals surface area contributed by atoms with E-state index in [0.717, 1.165) is 30.0 Å². The van der Waals surface area contributed by atoms with Crippen molar-refractivity contribution in [1.82, 2.24) is 4.98 Å². The summed E-state index contributed by atoms with van der Waals surface area (Å²) >= 11 is 0. The molecule has 2 aromatic rings. The van der Waals surface area contributed by atoms with Crippen LogP contribution in [-0.4, -0.2) is 35.7 Å². The molecule has 144 valence electrons. The molecule has 3 heterocycles. The first-order valence-electron chi connectivity index (χ1n) is 9.16. The van der Waals surface area contributed by atoms with Gasteiger partial charge in [-0.15, -0.1) is 0 Å². The Balaban J connectivity index is 1.60. The first-order chi connectivity index (χ1) is 13.6. The number of hydrogen-bond donors (Lipinski definition) is 1. The minimum atomic E-state index is -0.747. The molecule has 0 aliphatic carbocycles. The highest BCUT2D eigenvalue weighted by molar-refractivity contribution is 6.11. The van der Waals surface area contributed by atoms with Gasteiger partial charge in [0.2, 0.25) is 0 Å². The van der Waals surface area contributed by atoms with Gasteiger partial charge in [-0.05, 0) is 61.2 Å². The lowest BCUT2D eigenvalue weighted by Gasteiger charge is -2.17. The minimum Gasteiger partial charge on any atom is -0.462 e. The number of amides is 1. The van der Waals surface area contributed by atoms with Crippen molar-refractivity contribution in [3.05, 3.63) is 65.2 Å². The normalized spacial score (nSPS) is 20.4. The molecular formula is C21H19FN2O4. The number of rotatable bonds is 5. The van der Waals surface area contributed by atoms with Crippen LogP contribution in [0.15, 0.2) is 48.3 Å². The number of carbonyl (C=O) groups is 2. The number of aromatic nitrogens is 1. The fourth-order valence-electron chi connectivity index (χ4n) is 3.72. The van der Waals surface area contributed by atoms with Crippen LogP contribution in [0.1, 0.15) is 35.7 Å². The van der Waals surface area contributed by atoms with Crippen LogP contribution < -0.4 is 5.32 Å².